The van der Waals surface area contributed by atoms with Crippen LogP contribution in [0.15, 0.2) is 85.5 Å². The summed E-state index contributed by atoms with van der Waals surface area (Å²) in [5.41, 5.74) is 19.9. The van der Waals surface area contributed by atoms with E-state index in [-0.39, 0.29) is 0 Å². The lowest BCUT2D eigenvalue weighted by molar-refractivity contribution is 0.413. The maximum Gasteiger partial charge on any atom is 0.227 e. The maximum absolute atomic E-state index is 6.05. The van der Waals surface area contributed by atoms with Crippen molar-refractivity contribution < 1.29 is 9.47 Å². The third-order valence-corrected chi connectivity index (χ3v) is 12.3. The van der Waals surface area contributed by atoms with Crippen LogP contribution in [-0.2, 0) is 26.9 Å². The normalized spacial score (nSPS) is 12.4. The van der Waals surface area contributed by atoms with Gasteiger partial charge in [-0.2, -0.15) is 0 Å². The fourth-order valence-electron chi connectivity index (χ4n) is 8.64. The molecule has 7 aromatic rings. The first kappa shape index (κ1) is 45.5. The van der Waals surface area contributed by atoms with Gasteiger partial charge in [0.15, 0.2) is 0 Å². The monoisotopic (exact) mass is 893 g/mol. The van der Waals surface area contributed by atoms with Crippen LogP contribution in [0.25, 0.3) is 33.4 Å². The van der Waals surface area contributed by atoms with Gasteiger partial charge in [0.05, 0.1) is 59.7 Å². The molecular formula is C50H64N14O2. The molecule has 0 saturated carbocycles. The van der Waals surface area contributed by atoms with Crippen molar-refractivity contribution in [2.45, 2.75) is 25.7 Å². The van der Waals surface area contributed by atoms with Gasteiger partial charge in [0.2, 0.25) is 11.9 Å². The van der Waals surface area contributed by atoms with Crippen LogP contribution in [0.2, 0.25) is 0 Å². The van der Waals surface area contributed by atoms with E-state index in [0.717, 1.165) is 95.2 Å². The average Bonchev–Trinajstić information content (AvgIpc) is 3.85. The Kier molecular flexibility index (Phi) is 13.8. The number of likely N-dealkylation sites (N-methyl/N-ethyl adjacent to an activating group) is 4. The third-order valence-electron chi connectivity index (χ3n) is 12.3. The van der Waals surface area contributed by atoms with Crippen LogP contribution < -0.4 is 40.8 Å². The van der Waals surface area contributed by atoms with Crippen molar-refractivity contribution in [3.8, 4) is 34.0 Å². The summed E-state index contributed by atoms with van der Waals surface area (Å²) in [5.74, 6) is 2.23. The SMILES string of the molecule is COc1cc(N(C)CCN(C)C)c(NNc2cc(Nc3nccc(-c4cn(C)c5ccccc45)n3)c(OC)cc2N(C)CCN(C)C)cc1Nc1nccc(-c2cn(C)c3c2CCCC3)n1. The fourth-order valence-corrected chi connectivity index (χ4v) is 8.64. The molecule has 0 radical (unpaired) electrons. The largest absolute Gasteiger partial charge is 0.494 e. The Labute approximate surface area is 388 Å². The number of anilines is 8. The minimum absolute atomic E-state index is 0.445. The lowest BCUT2D eigenvalue weighted by Gasteiger charge is -2.28. The number of benzene rings is 3. The standard InChI is InChI=1S/C50H64N14O2/c1-59(2)23-25-61(5)45-29-47(65-9)41(55-49-51-21-19-37(53-49)35-31-63(7)43-17-13-11-15-33(35)43)27-39(45)57-58-40-28-42(48(66-10)30-46(40)62(6)26-24-60(3)4)56-50-52-22-20-38(54-50)36-32-64(8)44-18-14-12-16-34(36)44/h11,13,15,17,19-22,27-32,57-58H,12,14,16,18,23-26H2,1-10H3,(H,51,53,55)(H,52,54,56). The summed E-state index contributed by atoms with van der Waals surface area (Å²) in [6.07, 6.45) is 12.5. The number of para-hydroxylation sites is 1. The van der Waals surface area contributed by atoms with E-state index in [1.807, 2.05) is 48.7 Å². The molecular weight excluding hydrogens is 829 g/mol. The quantitative estimate of drug-likeness (QED) is 0.0580. The number of aromatic nitrogens is 6. The van der Waals surface area contributed by atoms with Gasteiger partial charge in [-0.3, -0.25) is 10.9 Å². The van der Waals surface area contributed by atoms with Crippen LogP contribution in [0, 0.1) is 0 Å². The highest BCUT2D eigenvalue weighted by atomic mass is 16.5. The molecule has 0 aliphatic heterocycles. The first-order chi connectivity index (χ1) is 31.9. The van der Waals surface area contributed by atoms with E-state index < -0.39 is 0 Å². The highest BCUT2D eigenvalue weighted by Crippen LogP contribution is 2.41. The van der Waals surface area contributed by atoms with Gasteiger partial charge in [-0.25, -0.2) is 19.9 Å². The molecule has 4 N–H and O–H groups in total. The third kappa shape index (κ3) is 9.94. The number of aryl methyl sites for hydroxylation is 2. The summed E-state index contributed by atoms with van der Waals surface area (Å²) in [7, 11) is 20.0. The summed E-state index contributed by atoms with van der Waals surface area (Å²) in [5, 5.41) is 8.12. The van der Waals surface area contributed by atoms with Gasteiger partial charge in [-0.05, 0) is 89.8 Å². The van der Waals surface area contributed by atoms with Gasteiger partial charge >= 0.3 is 0 Å². The molecule has 0 unspecified atom stereocenters. The molecule has 66 heavy (non-hydrogen) atoms. The number of methoxy groups -OCH3 is 2. The van der Waals surface area contributed by atoms with Crippen LogP contribution in [-0.4, -0.2) is 122 Å². The Morgan fingerprint density at radius 1 is 0.591 bits per heavy atom. The molecule has 0 fully saturated rings. The first-order valence-electron chi connectivity index (χ1n) is 22.5. The Morgan fingerprint density at radius 3 is 1.65 bits per heavy atom. The fraction of sp³-hybridized carbons (Fsp3) is 0.360. The number of nitrogens with zero attached hydrogens (tertiary/aromatic N) is 10. The lowest BCUT2D eigenvalue weighted by Crippen LogP contribution is -2.30. The Balaban J connectivity index is 1.14. The zero-order chi connectivity index (χ0) is 46.5. The van der Waals surface area contributed by atoms with E-state index in [4.69, 9.17) is 19.4 Å². The van der Waals surface area contributed by atoms with Crippen molar-refractivity contribution >= 4 is 56.9 Å². The second-order valence-corrected chi connectivity index (χ2v) is 17.6. The number of ether oxygens (including phenoxy) is 2. The van der Waals surface area contributed by atoms with E-state index in [0.29, 0.717) is 34.8 Å². The molecule has 16 nitrogen and oxygen atoms in total. The van der Waals surface area contributed by atoms with E-state index in [2.05, 4.69) is 147 Å². The van der Waals surface area contributed by atoms with E-state index in [1.165, 1.54) is 24.1 Å². The number of fused-ring (bicyclic) bond motifs is 2. The Hall–Kier alpha value is -7.04. The zero-order valence-corrected chi connectivity index (χ0v) is 40.0. The van der Waals surface area contributed by atoms with Gasteiger partial charge < -0.3 is 48.8 Å². The van der Waals surface area contributed by atoms with Crippen molar-refractivity contribution in [2.24, 2.45) is 14.1 Å². The second kappa shape index (κ2) is 20.0. The Bertz CT molecular complexity index is 2800. The highest BCUT2D eigenvalue weighted by Gasteiger charge is 2.22. The number of hydrogen-bond acceptors (Lipinski definition) is 14. The van der Waals surface area contributed by atoms with Crippen LogP contribution >= 0.6 is 0 Å². The molecule has 0 atom stereocenters. The van der Waals surface area contributed by atoms with Gasteiger partial charge in [0.1, 0.15) is 11.5 Å². The molecule has 8 rings (SSSR count). The van der Waals surface area contributed by atoms with Crippen molar-refractivity contribution in [3.63, 3.8) is 0 Å². The van der Waals surface area contributed by atoms with Crippen molar-refractivity contribution in [3.05, 3.63) is 96.7 Å². The van der Waals surface area contributed by atoms with E-state index in [9.17, 15) is 0 Å². The predicted octanol–water partition coefficient (Wildman–Crippen LogP) is 8.25. The van der Waals surface area contributed by atoms with Crippen molar-refractivity contribution in [1.29, 1.82) is 0 Å². The van der Waals surface area contributed by atoms with Crippen LogP contribution in [0.1, 0.15) is 24.1 Å². The van der Waals surface area contributed by atoms with Crippen molar-refractivity contribution in [2.75, 3.05) is 114 Å². The van der Waals surface area contributed by atoms with E-state index in [1.54, 1.807) is 20.4 Å². The summed E-state index contributed by atoms with van der Waals surface area (Å²) < 4.78 is 16.5. The van der Waals surface area contributed by atoms with Gasteiger partial charge in [0.25, 0.3) is 0 Å². The molecule has 346 valence electrons. The van der Waals surface area contributed by atoms with E-state index >= 15 is 0 Å². The summed E-state index contributed by atoms with van der Waals surface area (Å²) in [4.78, 5) is 28.1. The van der Waals surface area contributed by atoms with Gasteiger partial charge in [-0.1, -0.05) is 18.2 Å². The number of hydrazine groups is 1. The molecule has 4 heterocycles. The molecule has 4 aromatic heterocycles. The summed E-state index contributed by atoms with van der Waals surface area (Å²) in [6, 6.07) is 20.4. The number of rotatable bonds is 19. The smallest absolute Gasteiger partial charge is 0.227 e. The maximum atomic E-state index is 6.05. The average molecular weight is 893 g/mol. The minimum Gasteiger partial charge on any atom is -0.494 e. The predicted molar refractivity (Wildman–Crippen MR) is 270 cm³/mol. The van der Waals surface area contributed by atoms with Crippen LogP contribution in [0.4, 0.5) is 46.0 Å². The zero-order valence-electron chi connectivity index (χ0n) is 40.0. The van der Waals surface area contributed by atoms with Crippen LogP contribution in [0.3, 0.4) is 0 Å². The van der Waals surface area contributed by atoms with Crippen LogP contribution in [0.5, 0.6) is 11.5 Å². The van der Waals surface area contributed by atoms with Gasteiger partial charge in [0, 0.05) is 119 Å². The lowest BCUT2D eigenvalue weighted by atomic mass is 9.94. The second-order valence-electron chi connectivity index (χ2n) is 17.6. The molecule has 16 heteroatoms. The molecule has 3 aromatic carbocycles. The molecule has 0 amide bonds. The molecule has 1 aliphatic carbocycles. The number of hydrogen-bond donors (Lipinski definition) is 4. The van der Waals surface area contributed by atoms with Gasteiger partial charge in [-0.15, -0.1) is 0 Å². The minimum atomic E-state index is 0.445. The molecule has 1 aliphatic rings. The number of nitrogens with one attached hydrogen (secondary N) is 4. The Morgan fingerprint density at radius 2 is 1.11 bits per heavy atom. The summed E-state index contributed by atoms with van der Waals surface area (Å²) >= 11 is 0. The highest BCUT2D eigenvalue weighted by molar-refractivity contribution is 5.95. The summed E-state index contributed by atoms with van der Waals surface area (Å²) in [6.45, 7) is 3.25. The first-order valence-corrected chi connectivity index (χ1v) is 22.5. The molecule has 0 saturated heterocycles. The van der Waals surface area contributed by atoms with Crippen molar-refractivity contribution in [1.82, 2.24) is 38.9 Å². The molecule has 0 bridgehead atoms. The topological polar surface area (TPSA) is 141 Å². The molecule has 0 spiro atoms.